The normalized spacial score (nSPS) is 14.8. The van der Waals surface area contributed by atoms with Crippen LogP contribution in [0.3, 0.4) is 0 Å². The molecule has 1 N–H and O–H groups in total. The summed E-state index contributed by atoms with van der Waals surface area (Å²) in [5, 5.41) is 36.1. The highest BCUT2D eigenvalue weighted by molar-refractivity contribution is 6.15. The maximum absolute atomic E-state index is 13.6. The van der Waals surface area contributed by atoms with Crippen LogP contribution in [0.2, 0.25) is 0 Å². The Morgan fingerprint density at radius 3 is 2.39 bits per heavy atom. The molecule has 0 unspecified atom stereocenters. The number of hydrogen-bond donors (Lipinski definition) is 1. The molecule has 0 bridgehead atoms. The molecule has 2 aromatic carbocycles. The third-order valence-electron chi connectivity index (χ3n) is 4.89. The van der Waals surface area contributed by atoms with Crippen LogP contribution in [0.25, 0.3) is 0 Å². The predicted molar refractivity (Wildman–Crippen MR) is 109 cm³/mol. The minimum Gasteiger partial charge on any atom is -0.464 e. The van der Waals surface area contributed by atoms with Crippen LogP contribution in [0.4, 0.5) is 17.3 Å². The highest BCUT2D eigenvalue weighted by Gasteiger charge is 2.39. The zero-order valence-corrected chi connectivity index (χ0v) is 16.7. The molecule has 0 aliphatic carbocycles. The minimum atomic E-state index is -1.13. The average molecular weight is 451 g/mol. The first-order valence-corrected chi connectivity index (χ1v) is 9.22. The first-order chi connectivity index (χ1) is 15.8. The summed E-state index contributed by atoms with van der Waals surface area (Å²) in [7, 11) is 1.12. The van der Waals surface area contributed by atoms with Gasteiger partial charge in [-0.3, -0.25) is 25.0 Å². The number of nitrogens with one attached hydrogen (secondary N) is 1. The van der Waals surface area contributed by atoms with Crippen molar-refractivity contribution in [1.82, 2.24) is 20.2 Å². The Balaban J connectivity index is 1.93. The number of Topliss-reactive ketones (excluding diaryl/α,β-unsaturated/α-hetero) is 1. The van der Waals surface area contributed by atoms with Crippen LogP contribution in [-0.4, -0.2) is 48.9 Å². The number of ether oxygens (including phenoxy) is 1. The summed E-state index contributed by atoms with van der Waals surface area (Å²) in [6.45, 7) is 0. The van der Waals surface area contributed by atoms with Gasteiger partial charge < -0.3 is 10.1 Å². The number of aromatic nitrogens is 4. The number of nitro benzene ring substituents is 2. The van der Waals surface area contributed by atoms with E-state index in [1.165, 1.54) is 41.1 Å². The van der Waals surface area contributed by atoms with E-state index in [4.69, 9.17) is 4.74 Å². The molecule has 1 aromatic heterocycles. The first kappa shape index (κ1) is 21.2. The van der Waals surface area contributed by atoms with Crippen LogP contribution in [0.5, 0.6) is 0 Å². The number of nitrogens with zero attached hydrogens (tertiary/aromatic N) is 6. The topological polar surface area (TPSA) is 185 Å². The van der Waals surface area contributed by atoms with E-state index in [9.17, 15) is 29.8 Å². The number of allylic oxidation sites excluding steroid dienone is 1. The van der Waals surface area contributed by atoms with E-state index >= 15 is 0 Å². The number of carbonyl (C=O) groups is 2. The molecular formula is C19H13N7O7. The lowest BCUT2D eigenvalue weighted by Gasteiger charge is -2.28. The average Bonchev–Trinajstić information content (AvgIpc) is 3.30. The van der Waals surface area contributed by atoms with Crippen LogP contribution in [0.15, 0.2) is 59.8 Å². The monoisotopic (exact) mass is 451 g/mol. The van der Waals surface area contributed by atoms with E-state index in [-0.39, 0.29) is 39.7 Å². The Morgan fingerprint density at radius 1 is 1.06 bits per heavy atom. The second-order valence-electron chi connectivity index (χ2n) is 6.74. The van der Waals surface area contributed by atoms with Gasteiger partial charge in [0.25, 0.3) is 11.4 Å². The standard InChI is InChI=1S/C19H13N7O7/c1-33-18(28)15-14(17(27)10-5-7-12(8-6-10)25(29)30)16(24-19(20-15)21-22-23-24)11-3-2-4-13(9-11)26(31)32/h2-9,16H,1H3,(H,20,21,23)/t16-/m1/s1. The summed E-state index contributed by atoms with van der Waals surface area (Å²) in [5.74, 6) is -1.58. The van der Waals surface area contributed by atoms with E-state index in [0.29, 0.717) is 0 Å². The summed E-state index contributed by atoms with van der Waals surface area (Å²) < 4.78 is 6.01. The molecule has 14 nitrogen and oxygen atoms in total. The Hall–Kier alpha value is -5.01. The van der Waals surface area contributed by atoms with Crippen molar-refractivity contribution >= 4 is 29.1 Å². The number of rotatable bonds is 6. The highest BCUT2D eigenvalue weighted by Crippen LogP contribution is 2.37. The summed E-state index contributed by atoms with van der Waals surface area (Å²) in [4.78, 5) is 47.2. The fraction of sp³-hybridized carbons (Fsp3) is 0.105. The number of fused-ring (bicyclic) bond motifs is 1. The zero-order valence-electron chi connectivity index (χ0n) is 16.7. The molecule has 166 valence electrons. The van der Waals surface area contributed by atoms with Crippen molar-refractivity contribution in [2.24, 2.45) is 0 Å². The lowest BCUT2D eigenvalue weighted by atomic mass is 9.89. The fourth-order valence-electron chi connectivity index (χ4n) is 3.40. The van der Waals surface area contributed by atoms with Crippen molar-refractivity contribution in [3.05, 3.63) is 91.2 Å². The van der Waals surface area contributed by atoms with Gasteiger partial charge in [-0.2, -0.15) is 4.68 Å². The lowest BCUT2D eigenvalue weighted by molar-refractivity contribution is -0.385. The van der Waals surface area contributed by atoms with Gasteiger partial charge in [0.1, 0.15) is 11.7 Å². The highest BCUT2D eigenvalue weighted by atomic mass is 16.6. The largest absolute Gasteiger partial charge is 0.464 e. The summed E-state index contributed by atoms with van der Waals surface area (Å²) >= 11 is 0. The van der Waals surface area contributed by atoms with Crippen molar-refractivity contribution in [3.63, 3.8) is 0 Å². The molecule has 2 heterocycles. The number of non-ortho nitro benzene ring substituents is 2. The van der Waals surface area contributed by atoms with Crippen LogP contribution < -0.4 is 5.32 Å². The number of esters is 1. The lowest BCUT2D eigenvalue weighted by Crippen LogP contribution is -2.33. The number of benzene rings is 2. The van der Waals surface area contributed by atoms with E-state index in [1.807, 2.05) is 0 Å². The number of anilines is 1. The second-order valence-corrected chi connectivity index (χ2v) is 6.74. The maximum Gasteiger partial charge on any atom is 0.355 e. The first-order valence-electron chi connectivity index (χ1n) is 9.22. The fourth-order valence-corrected chi connectivity index (χ4v) is 3.40. The van der Waals surface area contributed by atoms with Gasteiger partial charge in [0.2, 0.25) is 5.95 Å². The Labute approximate surface area is 183 Å². The molecule has 0 radical (unpaired) electrons. The van der Waals surface area contributed by atoms with E-state index in [0.717, 1.165) is 19.2 Å². The molecule has 0 saturated heterocycles. The summed E-state index contributed by atoms with van der Waals surface area (Å²) in [6.07, 6.45) is 0. The van der Waals surface area contributed by atoms with Crippen LogP contribution >= 0.6 is 0 Å². The van der Waals surface area contributed by atoms with Crippen molar-refractivity contribution in [1.29, 1.82) is 0 Å². The summed E-state index contributed by atoms with van der Waals surface area (Å²) in [6, 6.07) is 9.09. The van der Waals surface area contributed by atoms with Crippen molar-refractivity contribution < 1.29 is 24.2 Å². The number of carbonyl (C=O) groups excluding carboxylic acids is 2. The molecule has 33 heavy (non-hydrogen) atoms. The Kier molecular flexibility index (Phi) is 5.31. The van der Waals surface area contributed by atoms with Gasteiger partial charge in [0.15, 0.2) is 5.78 Å². The third-order valence-corrected chi connectivity index (χ3v) is 4.89. The van der Waals surface area contributed by atoms with Gasteiger partial charge in [-0.1, -0.05) is 17.2 Å². The predicted octanol–water partition coefficient (Wildman–Crippen LogP) is 1.81. The van der Waals surface area contributed by atoms with Crippen molar-refractivity contribution in [2.45, 2.75) is 6.04 Å². The Morgan fingerprint density at radius 2 is 1.76 bits per heavy atom. The molecule has 1 aliphatic rings. The molecule has 1 atom stereocenters. The molecule has 4 rings (SSSR count). The van der Waals surface area contributed by atoms with Gasteiger partial charge in [0, 0.05) is 29.8 Å². The number of methoxy groups -OCH3 is 1. The molecular weight excluding hydrogens is 438 g/mol. The van der Waals surface area contributed by atoms with E-state index in [2.05, 4.69) is 20.8 Å². The quantitative estimate of drug-likeness (QED) is 0.249. The van der Waals surface area contributed by atoms with Crippen LogP contribution in [0, 0.1) is 20.2 Å². The van der Waals surface area contributed by atoms with Gasteiger partial charge in [0.05, 0.1) is 22.5 Å². The second kappa shape index (κ2) is 8.26. The number of nitro groups is 2. The SMILES string of the molecule is COC(=O)C1=C(C(=O)c2ccc([N+](=O)[O-])cc2)[C@@H](c2cccc([N+](=O)[O-])c2)n2nnnc2N1. The molecule has 3 aromatic rings. The molecule has 0 amide bonds. The molecule has 1 aliphatic heterocycles. The smallest absolute Gasteiger partial charge is 0.355 e. The minimum absolute atomic E-state index is 0.00663. The number of hydrogen-bond acceptors (Lipinski definition) is 11. The van der Waals surface area contributed by atoms with Gasteiger partial charge in [-0.05, 0) is 28.1 Å². The molecule has 0 fully saturated rings. The molecule has 14 heteroatoms. The van der Waals surface area contributed by atoms with Crippen LogP contribution in [0.1, 0.15) is 22.0 Å². The number of tetrazole rings is 1. The van der Waals surface area contributed by atoms with E-state index in [1.54, 1.807) is 0 Å². The van der Waals surface area contributed by atoms with E-state index < -0.39 is 27.6 Å². The zero-order chi connectivity index (χ0) is 23.7. The van der Waals surface area contributed by atoms with Crippen LogP contribution in [-0.2, 0) is 9.53 Å². The van der Waals surface area contributed by atoms with Gasteiger partial charge in [-0.25, -0.2) is 4.79 Å². The van der Waals surface area contributed by atoms with Gasteiger partial charge in [-0.15, -0.1) is 0 Å². The molecule has 0 spiro atoms. The molecule has 0 saturated carbocycles. The van der Waals surface area contributed by atoms with Gasteiger partial charge >= 0.3 is 5.97 Å². The summed E-state index contributed by atoms with van der Waals surface area (Å²) in [5.41, 5.74) is -0.608. The Bertz CT molecular complexity index is 1330. The maximum atomic E-state index is 13.6. The van der Waals surface area contributed by atoms with Crippen molar-refractivity contribution in [3.8, 4) is 0 Å². The third kappa shape index (κ3) is 3.76. The van der Waals surface area contributed by atoms with Crippen molar-refractivity contribution in [2.75, 3.05) is 12.4 Å². The number of ketones is 1.